The van der Waals surface area contributed by atoms with Crippen LogP contribution in [0.25, 0.3) is 11.5 Å². The number of carbonyl (C=O) groups excluding carboxylic acids is 1. The van der Waals surface area contributed by atoms with Gasteiger partial charge in [0.25, 0.3) is 0 Å². The van der Waals surface area contributed by atoms with Crippen molar-refractivity contribution in [3.63, 3.8) is 0 Å². The second-order valence-corrected chi connectivity index (χ2v) is 8.90. The first-order valence-electron chi connectivity index (χ1n) is 12.1. The molecule has 0 bridgehead atoms. The van der Waals surface area contributed by atoms with Gasteiger partial charge in [0.15, 0.2) is 5.82 Å². The molecule has 1 aliphatic rings. The Kier molecular flexibility index (Phi) is 7.18. The topological polar surface area (TPSA) is 118 Å². The Hall–Kier alpha value is -4.24. The number of aromatic nitrogens is 5. The minimum Gasteiger partial charge on any atom is -0.326 e. The third-order valence-corrected chi connectivity index (χ3v) is 5.94. The van der Waals surface area contributed by atoms with E-state index in [0.717, 1.165) is 36.5 Å². The van der Waals surface area contributed by atoms with Crippen LogP contribution in [-0.4, -0.2) is 43.9 Å². The Labute approximate surface area is 209 Å². The fraction of sp³-hybridized carbons (Fsp3) is 0.259. The van der Waals surface area contributed by atoms with Crippen molar-refractivity contribution in [1.82, 2.24) is 30.2 Å². The molecule has 1 aliphatic heterocycles. The van der Waals surface area contributed by atoms with Crippen LogP contribution in [0, 0.1) is 12.8 Å². The van der Waals surface area contributed by atoms with Gasteiger partial charge >= 0.3 is 0 Å². The Balaban J connectivity index is 1.24. The molecule has 1 amide bonds. The largest absolute Gasteiger partial charge is 0.326 e. The number of aryl methyl sites for hydroxylation is 1. The van der Waals surface area contributed by atoms with Gasteiger partial charge in [0.05, 0.1) is 0 Å². The summed E-state index contributed by atoms with van der Waals surface area (Å²) < 4.78 is 0. The molecular weight excluding hydrogens is 452 g/mol. The first kappa shape index (κ1) is 23.5. The summed E-state index contributed by atoms with van der Waals surface area (Å²) in [5.41, 5.74) is 3.43. The summed E-state index contributed by atoms with van der Waals surface area (Å²) in [6, 6.07) is 17.2. The number of hydrogen-bond acceptors (Lipinski definition) is 8. The highest BCUT2D eigenvalue weighted by molar-refractivity contribution is 5.91. The predicted molar refractivity (Wildman–Crippen MR) is 139 cm³/mol. The number of anilines is 3. The van der Waals surface area contributed by atoms with Gasteiger partial charge in [0, 0.05) is 36.6 Å². The maximum atomic E-state index is 12.4. The van der Waals surface area contributed by atoms with Crippen LogP contribution in [0.3, 0.4) is 0 Å². The molecule has 0 aliphatic carbocycles. The molecule has 0 radical (unpaired) electrons. The van der Waals surface area contributed by atoms with Gasteiger partial charge in [0.2, 0.25) is 5.91 Å². The molecule has 36 heavy (non-hydrogen) atoms. The minimum atomic E-state index is 0.0494. The van der Waals surface area contributed by atoms with Crippen molar-refractivity contribution >= 4 is 23.2 Å². The highest BCUT2D eigenvalue weighted by Crippen LogP contribution is 2.19. The van der Waals surface area contributed by atoms with Crippen molar-refractivity contribution < 1.29 is 4.79 Å². The van der Waals surface area contributed by atoms with E-state index in [1.54, 1.807) is 24.5 Å². The Bertz CT molecular complexity index is 1350. The van der Waals surface area contributed by atoms with Crippen molar-refractivity contribution in [2.45, 2.75) is 26.2 Å². The Morgan fingerprint density at radius 2 is 1.83 bits per heavy atom. The van der Waals surface area contributed by atoms with E-state index in [-0.39, 0.29) is 5.91 Å². The SMILES string of the molecule is Cc1cccc(-c2nccc(Nc3ccnc(Cc4cccc(NC(=O)CC5CCNC5)c4)n3)n2)n1. The lowest BCUT2D eigenvalue weighted by molar-refractivity contribution is -0.116. The summed E-state index contributed by atoms with van der Waals surface area (Å²) in [7, 11) is 0. The van der Waals surface area contributed by atoms with E-state index < -0.39 is 0 Å². The van der Waals surface area contributed by atoms with Gasteiger partial charge in [-0.25, -0.2) is 24.9 Å². The summed E-state index contributed by atoms with van der Waals surface area (Å²) in [6.45, 7) is 3.84. The van der Waals surface area contributed by atoms with Crippen molar-refractivity contribution in [3.8, 4) is 11.5 Å². The van der Waals surface area contributed by atoms with E-state index in [1.165, 1.54) is 0 Å². The van der Waals surface area contributed by atoms with Crippen LogP contribution >= 0.6 is 0 Å². The number of nitrogens with zero attached hydrogens (tertiary/aromatic N) is 5. The summed E-state index contributed by atoms with van der Waals surface area (Å²) in [5, 5.41) is 9.56. The molecule has 9 heteroatoms. The van der Waals surface area contributed by atoms with Gasteiger partial charge in [-0.2, -0.15) is 0 Å². The zero-order valence-corrected chi connectivity index (χ0v) is 20.1. The van der Waals surface area contributed by atoms with E-state index in [9.17, 15) is 4.79 Å². The fourth-order valence-corrected chi connectivity index (χ4v) is 4.21. The lowest BCUT2D eigenvalue weighted by Crippen LogP contribution is -2.18. The first-order chi connectivity index (χ1) is 17.6. The average molecular weight is 481 g/mol. The predicted octanol–water partition coefficient (Wildman–Crippen LogP) is 3.91. The molecule has 4 aromatic rings. The quantitative estimate of drug-likeness (QED) is 0.347. The number of carbonyl (C=O) groups is 1. The van der Waals surface area contributed by atoms with Crippen LogP contribution in [0.4, 0.5) is 17.3 Å². The minimum absolute atomic E-state index is 0.0494. The van der Waals surface area contributed by atoms with Crippen molar-refractivity contribution in [2.75, 3.05) is 23.7 Å². The molecule has 4 heterocycles. The first-order valence-corrected chi connectivity index (χ1v) is 12.1. The molecule has 3 N–H and O–H groups in total. The number of pyridine rings is 1. The van der Waals surface area contributed by atoms with Gasteiger partial charge in [0.1, 0.15) is 23.2 Å². The number of nitrogens with one attached hydrogen (secondary N) is 3. The maximum Gasteiger partial charge on any atom is 0.224 e. The highest BCUT2D eigenvalue weighted by atomic mass is 16.1. The van der Waals surface area contributed by atoms with E-state index in [0.29, 0.717) is 47.7 Å². The number of hydrogen-bond donors (Lipinski definition) is 3. The van der Waals surface area contributed by atoms with Crippen LogP contribution < -0.4 is 16.0 Å². The van der Waals surface area contributed by atoms with E-state index in [1.807, 2.05) is 49.4 Å². The molecule has 3 aromatic heterocycles. The second-order valence-electron chi connectivity index (χ2n) is 8.90. The third-order valence-electron chi connectivity index (χ3n) is 5.94. The van der Waals surface area contributed by atoms with Crippen molar-refractivity contribution in [1.29, 1.82) is 0 Å². The van der Waals surface area contributed by atoms with E-state index in [4.69, 9.17) is 0 Å². The third kappa shape index (κ3) is 6.25. The molecule has 1 unspecified atom stereocenters. The molecule has 1 atom stereocenters. The van der Waals surface area contributed by atoms with Crippen LogP contribution in [0.1, 0.15) is 29.9 Å². The normalized spacial score (nSPS) is 15.0. The molecule has 1 fully saturated rings. The van der Waals surface area contributed by atoms with Gasteiger partial charge in [-0.05, 0) is 74.3 Å². The monoisotopic (exact) mass is 480 g/mol. The fourth-order valence-electron chi connectivity index (χ4n) is 4.21. The molecule has 182 valence electrons. The number of rotatable bonds is 8. The van der Waals surface area contributed by atoms with Crippen molar-refractivity contribution in [2.24, 2.45) is 5.92 Å². The summed E-state index contributed by atoms with van der Waals surface area (Å²) >= 11 is 0. The Morgan fingerprint density at radius 1 is 1.00 bits per heavy atom. The lowest BCUT2D eigenvalue weighted by atomic mass is 10.0. The van der Waals surface area contributed by atoms with Gasteiger partial charge in [-0.3, -0.25) is 4.79 Å². The van der Waals surface area contributed by atoms with Gasteiger partial charge in [-0.1, -0.05) is 18.2 Å². The summed E-state index contributed by atoms with van der Waals surface area (Å²) in [6.07, 6.45) is 5.54. The lowest BCUT2D eigenvalue weighted by Gasteiger charge is -2.11. The van der Waals surface area contributed by atoms with Crippen molar-refractivity contribution in [3.05, 3.63) is 84.1 Å². The summed E-state index contributed by atoms with van der Waals surface area (Å²) in [4.78, 5) is 34.9. The second kappa shape index (κ2) is 11.0. The van der Waals surface area contributed by atoms with Gasteiger partial charge < -0.3 is 16.0 Å². The summed E-state index contributed by atoms with van der Waals surface area (Å²) in [5.74, 6) is 2.92. The number of benzene rings is 1. The molecular formula is C27H28N8O. The highest BCUT2D eigenvalue weighted by Gasteiger charge is 2.18. The molecule has 9 nitrogen and oxygen atoms in total. The van der Waals surface area contributed by atoms with E-state index in [2.05, 4.69) is 40.9 Å². The molecule has 1 aromatic carbocycles. The average Bonchev–Trinajstić information content (AvgIpc) is 3.37. The zero-order chi connectivity index (χ0) is 24.7. The van der Waals surface area contributed by atoms with Crippen LogP contribution in [-0.2, 0) is 11.2 Å². The standard InChI is InChI=1S/C27H28N8O/c1-18-4-2-7-22(31-18)27-30-13-10-24(35-27)33-23-9-12-29-25(34-23)15-19-5-3-6-21(14-19)32-26(36)16-20-8-11-28-17-20/h2-7,9-10,12-14,20,28H,8,11,15-17H2,1H3,(H,32,36)(H,29,30,33,34,35). The van der Waals surface area contributed by atoms with Crippen LogP contribution in [0.15, 0.2) is 67.0 Å². The smallest absolute Gasteiger partial charge is 0.224 e. The molecule has 1 saturated heterocycles. The Morgan fingerprint density at radius 3 is 2.67 bits per heavy atom. The van der Waals surface area contributed by atoms with Crippen LogP contribution in [0.5, 0.6) is 0 Å². The molecule has 0 saturated carbocycles. The zero-order valence-electron chi connectivity index (χ0n) is 20.1. The number of amides is 1. The maximum absolute atomic E-state index is 12.4. The van der Waals surface area contributed by atoms with Gasteiger partial charge in [-0.15, -0.1) is 0 Å². The van der Waals surface area contributed by atoms with Crippen LogP contribution in [0.2, 0.25) is 0 Å². The molecule has 0 spiro atoms. The molecule has 5 rings (SSSR count). The van der Waals surface area contributed by atoms with E-state index >= 15 is 0 Å².